The Morgan fingerprint density at radius 2 is 1.75 bits per heavy atom. The van der Waals surface area contributed by atoms with E-state index in [4.69, 9.17) is 5.73 Å². The van der Waals surface area contributed by atoms with Gasteiger partial charge in [-0.3, -0.25) is 4.79 Å². The Hall–Kier alpha value is -0.610. The number of nitrogens with one attached hydrogen (secondary N) is 1. The molecule has 3 N–H and O–H groups in total. The molecule has 4 nitrogen and oxygen atoms in total. The van der Waals surface area contributed by atoms with Crippen molar-refractivity contribution >= 4 is 5.91 Å². The Balaban J connectivity index is 4.47. The monoisotopic (exact) mass is 229 g/mol. The molecule has 1 amide bonds. The zero-order valence-corrected chi connectivity index (χ0v) is 11.6. The minimum absolute atomic E-state index is 0.222. The lowest BCUT2D eigenvalue weighted by atomic mass is 9.94. The lowest BCUT2D eigenvalue weighted by Gasteiger charge is -2.34. The molecule has 0 bridgehead atoms. The van der Waals surface area contributed by atoms with Crippen molar-refractivity contribution in [3.05, 3.63) is 0 Å². The first-order valence-electron chi connectivity index (χ1n) is 5.84. The number of amides is 1. The third-order valence-electron chi connectivity index (χ3n) is 2.44. The number of hydrogen-bond donors (Lipinski definition) is 2. The molecule has 0 saturated carbocycles. The first-order chi connectivity index (χ1) is 7.10. The van der Waals surface area contributed by atoms with Crippen LogP contribution in [0.5, 0.6) is 0 Å². The Morgan fingerprint density at radius 1 is 1.25 bits per heavy atom. The number of primary amides is 1. The van der Waals surface area contributed by atoms with E-state index in [0.717, 1.165) is 13.1 Å². The summed E-state index contributed by atoms with van der Waals surface area (Å²) in [6.07, 6.45) is 0. The lowest BCUT2D eigenvalue weighted by Crippen LogP contribution is -2.59. The summed E-state index contributed by atoms with van der Waals surface area (Å²) in [5, 5.41) is 3.16. The fraction of sp³-hybridized carbons (Fsp3) is 0.917. The quantitative estimate of drug-likeness (QED) is 0.709. The maximum Gasteiger partial charge on any atom is 0.238 e. The highest BCUT2D eigenvalue weighted by atomic mass is 16.1. The van der Waals surface area contributed by atoms with Gasteiger partial charge in [0, 0.05) is 13.1 Å². The topological polar surface area (TPSA) is 58.4 Å². The van der Waals surface area contributed by atoms with Crippen LogP contribution in [0.15, 0.2) is 0 Å². The maximum atomic E-state index is 11.4. The molecule has 0 radical (unpaired) electrons. The second-order valence-corrected chi connectivity index (χ2v) is 5.96. The molecule has 0 aliphatic carbocycles. The van der Waals surface area contributed by atoms with Gasteiger partial charge in [0.25, 0.3) is 0 Å². The van der Waals surface area contributed by atoms with Gasteiger partial charge in [0.2, 0.25) is 5.91 Å². The van der Waals surface area contributed by atoms with Crippen LogP contribution in [0.1, 0.15) is 34.6 Å². The van der Waals surface area contributed by atoms with Crippen LogP contribution in [0.25, 0.3) is 0 Å². The van der Waals surface area contributed by atoms with Crippen molar-refractivity contribution in [3.63, 3.8) is 0 Å². The van der Waals surface area contributed by atoms with Crippen molar-refractivity contribution in [2.24, 2.45) is 11.1 Å². The van der Waals surface area contributed by atoms with E-state index in [2.05, 4.69) is 31.0 Å². The Bertz CT molecular complexity index is 235. The number of rotatable bonds is 6. The first-order valence-corrected chi connectivity index (χ1v) is 5.84. The van der Waals surface area contributed by atoms with Crippen LogP contribution in [0, 0.1) is 5.41 Å². The minimum atomic E-state index is -0.644. The maximum absolute atomic E-state index is 11.4. The standard InChI is InChI=1S/C12H27N3O/c1-7-14-12(5,10(13)16)9-15(6)8-11(2,3)4/h14H,7-9H2,1-6H3,(H2,13,16). The second kappa shape index (κ2) is 5.64. The number of carbonyl (C=O) groups is 1. The molecule has 0 aromatic heterocycles. The summed E-state index contributed by atoms with van der Waals surface area (Å²) in [5.41, 5.74) is 5.02. The van der Waals surface area contributed by atoms with E-state index >= 15 is 0 Å². The molecule has 0 fully saturated rings. The fourth-order valence-corrected chi connectivity index (χ4v) is 2.02. The van der Waals surface area contributed by atoms with Crippen molar-refractivity contribution in [2.75, 3.05) is 26.7 Å². The third-order valence-corrected chi connectivity index (χ3v) is 2.44. The largest absolute Gasteiger partial charge is 0.368 e. The average molecular weight is 229 g/mol. The molecule has 0 spiro atoms. The van der Waals surface area contributed by atoms with Crippen LogP contribution in [-0.2, 0) is 4.79 Å². The molecule has 0 rings (SSSR count). The first kappa shape index (κ1) is 15.4. The number of hydrogen-bond acceptors (Lipinski definition) is 3. The molecular formula is C12H27N3O. The smallest absolute Gasteiger partial charge is 0.238 e. The van der Waals surface area contributed by atoms with Gasteiger partial charge in [0.05, 0.1) is 0 Å². The van der Waals surface area contributed by atoms with Crippen LogP contribution in [-0.4, -0.2) is 43.0 Å². The van der Waals surface area contributed by atoms with Crippen molar-refractivity contribution in [1.29, 1.82) is 0 Å². The van der Waals surface area contributed by atoms with Crippen molar-refractivity contribution in [3.8, 4) is 0 Å². The predicted molar refractivity (Wildman–Crippen MR) is 68.2 cm³/mol. The second-order valence-electron chi connectivity index (χ2n) is 5.96. The van der Waals surface area contributed by atoms with Gasteiger partial charge < -0.3 is 16.0 Å². The zero-order valence-electron chi connectivity index (χ0n) is 11.6. The van der Waals surface area contributed by atoms with Crippen LogP contribution in [0.3, 0.4) is 0 Å². The van der Waals surface area contributed by atoms with Crippen molar-refractivity contribution in [2.45, 2.75) is 40.2 Å². The molecule has 1 atom stereocenters. The molecule has 0 aromatic rings. The molecule has 1 unspecified atom stereocenters. The van der Waals surface area contributed by atoms with Gasteiger partial charge >= 0.3 is 0 Å². The van der Waals surface area contributed by atoms with E-state index in [1.165, 1.54) is 0 Å². The summed E-state index contributed by atoms with van der Waals surface area (Å²) in [5.74, 6) is -0.296. The normalized spacial score (nSPS) is 16.2. The van der Waals surface area contributed by atoms with Gasteiger partial charge in [-0.05, 0) is 25.9 Å². The zero-order chi connectivity index (χ0) is 13.0. The Labute approximate surface area is 99.6 Å². The lowest BCUT2D eigenvalue weighted by molar-refractivity contribution is -0.124. The van der Waals surface area contributed by atoms with Crippen molar-refractivity contribution in [1.82, 2.24) is 10.2 Å². The Morgan fingerprint density at radius 3 is 2.06 bits per heavy atom. The molecule has 16 heavy (non-hydrogen) atoms. The molecule has 0 aromatic carbocycles. The fourth-order valence-electron chi connectivity index (χ4n) is 2.02. The summed E-state index contributed by atoms with van der Waals surface area (Å²) in [6, 6.07) is 0. The summed E-state index contributed by atoms with van der Waals surface area (Å²) in [7, 11) is 2.02. The minimum Gasteiger partial charge on any atom is -0.368 e. The molecular weight excluding hydrogens is 202 g/mol. The average Bonchev–Trinajstić information content (AvgIpc) is 1.99. The van der Waals surface area contributed by atoms with E-state index in [1.807, 2.05) is 20.9 Å². The van der Waals surface area contributed by atoms with Gasteiger partial charge in [-0.2, -0.15) is 0 Å². The van der Waals surface area contributed by atoms with Crippen LogP contribution in [0.2, 0.25) is 0 Å². The van der Waals surface area contributed by atoms with E-state index in [0.29, 0.717) is 6.54 Å². The van der Waals surface area contributed by atoms with Crippen LogP contribution >= 0.6 is 0 Å². The van der Waals surface area contributed by atoms with Crippen LogP contribution in [0.4, 0.5) is 0 Å². The van der Waals surface area contributed by atoms with E-state index in [1.54, 1.807) is 0 Å². The van der Waals surface area contributed by atoms with Gasteiger partial charge in [-0.1, -0.05) is 27.7 Å². The van der Waals surface area contributed by atoms with Gasteiger partial charge in [0.15, 0.2) is 0 Å². The highest BCUT2D eigenvalue weighted by Gasteiger charge is 2.32. The molecule has 4 heteroatoms. The molecule has 0 aliphatic rings. The van der Waals surface area contributed by atoms with E-state index < -0.39 is 5.54 Å². The number of likely N-dealkylation sites (N-methyl/N-ethyl adjacent to an activating group) is 2. The molecule has 0 aliphatic heterocycles. The third kappa shape index (κ3) is 5.47. The number of carbonyl (C=O) groups excluding carboxylic acids is 1. The van der Waals surface area contributed by atoms with Gasteiger partial charge in [-0.25, -0.2) is 0 Å². The van der Waals surface area contributed by atoms with E-state index in [9.17, 15) is 4.79 Å². The summed E-state index contributed by atoms with van der Waals surface area (Å²) in [6.45, 7) is 12.7. The Kier molecular flexibility index (Phi) is 5.42. The number of nitrogens with zero attached hydrogens (tertiary/aromatic N) is 1. The summed E-state index contributed by atoms with van der Waals surface area (Å²) in [4.78, 5) is 13.6. The molecule has 0 saturated heterocycles. The van der Waals surface area contributed by atoms with Crippen LogP contribution < -0.4 is 11.1 Å². The molecule has 0 heterocycles. The van der Waals surface area contributed by atoms with E-state index in [-0.39, 0.29) is 11.3 Å². The summed E-state index contributed by atoms with van der Waals surface area (Å²) >= 11 is 0. The SMILES string of the molecule is CCNC(C)(CN(C)CC(C)(C)C)C(N)=O. The van der Waals surface area contributed by atoms with Gasteiger partial charge in [-0.15, -0.1) is 0 Å². The highest BCUT2D eigenvalue weighted by Crippen LogP contribution is 2.16. The summed E-state index contributed by atoms with van der Waals surface area (Å²) < 4.78 is 0. The predicted octanol–water partition coefficient (Wildman–Crippen LogP) is 0.818. The molecule has 96 valence electrons. The van der Waals surface area contributed by atoms with Crippen molar-refractivity contribution < 1.29 is 4.79 Å². The van der Waals surface area contributed by atoms with Gasteiger partial charge in [0.1, 0.15) is 5.54 Å². The number of nitrogens with two attached hydrogens (primary N) is 1. The highest BCUT2D eigenvalue weighted by molar-refractivity contribution is 5.84.